The number of nitrogens with one attached hydrogen (secondary N) is 1. The van der Waals surface area contributed by atoms with E-state index in [0.29, 0.717) is 13.0 Å². The van der Waals surface area contributed by atoms with Crippen molar-refractivity contribution < 1.29 is 19.1 Å². The molecule has 1 unspecified atom stereocenters. The zero-order valence-electron chi connectivity index (χ0n) is 13.8. The van der Waals surface area contributed by atoms with Gasteiger partial charge in [0.1, 0.15) is 6.04 Å². The standard InChI is InChI=1S/C16H31NO4/c1-4-6-7-8-9-10-11-13-21-15(18)14(12-5-2)17-16(19)20-3/h14H,4-13H2,1-3H3,(H,17,19). The first-order valence-corrected chi connectivity index (χ1v) is 8.16. The summed E-state index contributed by atoms with van der Waals surface area (Å²) in [6.07, 6.45) is 9.01. The van der Waals surface area contributed by atoms with Crippen LogP contribution in [0, 0.1) is 0 Å². The average molecular weight is 301 g/mol. The third kappa shape index (κ3) is 11.1. The van der Waals surface area contributed by atoms with Crippen LogP contribution in [0.15, 0.2) is 0 Å². The zero-order chi connectivity index (χ0) is 15.9. The SMILES string of the molecule is CCCCCCCCCOC(=O)C(CCC)NC(=O)OC. The summed E-state index contributed by atoms with van der Waals surface area (Å²) >= 11 is 0. The van der Waals surface area contributed by atoms with Gasteiger partial charge in [0.2, 0.25) is 0 Å². The van der Waals surface area contributed by atoms with E-state index >= 15 is 0 Å². The Kier molecular flexibility index (Phi) is 12.9. The highest BCUT2D eigenvalue weighted by molar-refractivity contribution is 5.81. The van der Waals surface area contributed by atoms with E-state index in [9.17, 15) is 9.59 Å². The molecule has 0 heterocycles. The first-order chi connectivity index (χ1) is 10.2. The van der Waals surface area contributed by atoms with Gasteiger partial charge in [0.05, 0.1) is 13.7 Å². The van der Waals surface area contributed by atoms with Gasteiger partial charge in [-0.3, -0.25) is 0 Å². The third-order valence-corrected chi connectivity index (χ3v) is 3.33. The van der Waals surface area contributed by atoms with Crippen LogP contribution in [0.5, 0.6) is 0 Å². The molecule has 0 radical (unpaired) electrons. The molecule has 1 atom stereocenters. The molecular formula is C16H31NO4. The molecule has 0 aromatic heterocycles. The minimum Gasteiger partial charge on any atom is -0.464 e. The van der Waals surface area contributed by atoms with Gasteiger partial charge in [-0.25, -0.2) is 9.59 Å². The van der Waals surface area contributed by atoms with Crippen molar-refractivity contribution >= 4 is 12.1 Å². The van der Waals surface area contributed by atoms with Gasteiger partial charge < -0.3 is 14.8 Å². The minimum absolute atomic E-state index is 0.367. The highest BCUT2D eigenvalue weighted by atomic mass is 16.5. The van der Waals surface area contributed by atoms with Crippen molar-refractivity contribution in [1.29, 1.82) is 0 Å². The molecule has 0 saturated heterocycles. The van der Waals surface area contributed by atoms with E-state index in [-0.39, 0.29) is 5.97 Å². The molecule has 0 spiro atoms. The molecule has 124 valence electrons. The van der Waals surface area contributed by atoms with Crippen molar-refractivity contribution in [2.45, 2.75) is 77.7 Å². The van der Waals surface area contributed by atoms with Gasteiger partial charge in [-0.15, -0.1) is 0 Å². The van der Waals surface area contributed by atoms with Crippen molar-refractivity contribution in [2.75, 3.05) is 13.7 Å². The summed E-state index contributed by atoms with van der Waals surface area (Å²) in [7, 11) is 1.28. The molecule has 0 fully saturated rings. The van der Waals surface area contributed by atoms with Crippen LogP contribution in [0.3, 0.4) is 0 Å². The summed E-state index contributed by atoms with van der Waals surface area (Å²) in [5.74, 6) is -0.367. The molecule has 0 aliphatic heterocycles. The van der Waals surface area contributed by atoms with Crippen LogP contribution < -0.4 is 5.32 Å². The van der Waals surface area contributed by atoms with Crippen molar-refractivity contribution in [1.82, 2.24) is 5.32 Å². The van der Waals surface area contributed by atoms with E-state index in [2.05, 4.69) is 17.0 Å². The molecule has 5 nitrogen and oxygen atoms in total. The van der Waals surface area contributed by atoms with Crippen LogP contribution in [0.1, 0.15) is 71.6 Å². The van der Waals surface area contributed by atoms with Gasteiger partial charge in [-0.1, -0.05) is 58.8 Å². The quantitative estimate of drug-likeness (QED) is 0.440. The summed E-state index contributed by atoms with van der Waals surface area (Å²) in [6.45, 7) is 4.58. The Hall–Kier alpha value is -1.26. The van der Waals surface area contributed by atoms with Crippen LogP contribution in [0.25, 0.3) is 0 Å². The van der Waals surface area contributed by atoms with Crippen molar-refractivity contribution in [3.05, 3.63) is 0 Å². The molecule has 1 N–H and O–H groups in total. The fraction of sp³-hybridized carbons (Fsp3) is 0.875. The van der Waals surface area contributed by atoms with Gasteiger partial charge in [0, 0.05) is 0 Å². The van der Waals surface area contributed by atoms with Crippen LogP contribution in [0.2, 0.25) is 0 Å². The maximum absolute atomic E-state index is 11.9. The molecule has 5 heteroatoms. The van der Waals surface area contributed by atoms with E-state index in [4.69, 9.17) is 4.74 Å². The molecule has 0 aliphatic rings. The number of hydrogen-bond acceptors (Lipinski definition) is 4. The van der Waals surface area contributed by atoms with Gasteiger partial charge in [-0.05, 0) is 12.8 Å². The fourth-order valence-corrected chi connectivity index (χ4v) is 2.07. The van der Waals surface area contributed by atoms with Crippen molar-refractivity contribution in [2.24, 2.45) is 0 Å². The van der Waals surface area contributed by atoms with Crippen LogP contribution in [-0.2, 0) is 14.3 Å². The Balaban J connectivity index is 3.75. The number of carbonyl (C=O) groups is 2. The Bertz CT molecular complexity index is 281. The highest BCUT2D eigenvalue weighted by Crippen LogP contribution is 2.07. The topological polar surface area (TPSA) is 64.6 Å². The smallest absolute Gasteiger partial charge is 0.407 e. The van der Waals surface area contributed by atoms with Crippen LogP contribution in [0.4, 0.5) is 4.79 Å². The second kappa shape index (κ2) is 13.7. The number of carbonyl (C=O) groups excluding carboxylic acids is 2. The Morgan fingerprint density at radius 1 is 0.952 bits per heavy atom. The number of unbranched alkanes of at least 4 members (excludes halogenated alkanes) is 6. The van der Waals surface area contributed by atoms with E-state index in [1.54, 1.807) is 0 Å². The summed E-state index contributed by atoms with van der Waals surface area (Å²) in [6, 6.07) is -0.605. The average Bonchev–Trinajstić information content (AvgIpc) is 2.49. The summed E-state index contributed by atoms with van der Waals surface area (Å²) in [4.78, 5) is 23.0. The number of methoxy groups -OCH3 is 1. The monoisotopic (exact) mass is 301 g/mol. The summed E-state index contributed by atoms with van der Waals surface area (Å²) in [5, 5.41) is 2.51. The maximum atomic E-state index is 11.9. The summed E-state index contributed by atoms with van der Waals surface area (Å²) in [5.41, 5.74) is 0. The second-order valence-electron chi connectivity index (χ2n) is 5.27. The predicted molar refractivity (Wildman–Crippen MR) is 83.2 cm³/mol. The molecule has 0 bridgehead atoms. The van der Waals surface area contributed by atoms with E-state index in [1.807, 2.05) is 6.92 Å². The number of rotatable bonds is 12. The summed E-state index contributed by atoms with van der Waals surface area (Å²) < 4.78 is 9.73. The van der Waals surface area contributed by atoms with Gasteiger partial charge in [-0.2, -0.15) is 0 Å². The number of amides is 1. The van der Waals surface area contributed by atoms with Gasteiger partial charge in [0.15, 0.2) is 0 Å². The zero-order valence-corrected chi connectivity index (χ0v) is 13.8. The second-order valence-corrected chi connectivity index (χ2v) is 5.27. The van der Waals surface area contributed by atoms with E-state index < -0.39 is 12.1 Å². The Morgan fingerprint density at radius 2 is 1.57 bits per heavy atom. The molecule has 0 aromatic carbocycles. The van der Waals surface area contributed by atoms with Crippen molar-refractivity contribution in [3.8, 4) is 0 Å². The van der Waals surface area contributed by atoms with Gasteiger partial charge >= 0.3 is 12.1 Å². The molecule has 0 aromatic rings. The highest BCUT2D eigenvalue weighted by Gasteiger charge is 2.21. The Labute approximate surface area is 128 Å². The molecule has 21 heavy (non-hydrogen) atoms. The number of alkyl carbamates (subject to hydrolysis) is 1. The normalized spacial score (nSPS) is 11.8. The first-order valence-electron chi connectivity index (χ1n) is 8.16. The minimum atomic E-state index is -0.605. The number of esters is 1. The fourth-order valence-electron chi connectivity index (χ4n) is 2.07. The molecule has 0 aliphatic carbocycles. The lowest BCUT2D eigenvalue weighted by atomic mass is 10.1. The maximum Gasteiger partial charge on any atom is 0.407 e. The molecule has 0 saturated carbocycles. The van der Waals surface area contributed by atoms with E-state index in [1.165, 1.54) is 39.2 Å². The first kappa shape index (κ1) is 19.7. The van der Waals surface area contributed by atoms with Crippen LogP contribution in [-0.4, -0.2) is 31.8 Å². The largest absolute Gasteiger partial charge is 0.464 e. The molecule has 1 amide bonds. The Morgan fingerprint density at radius 3 is 2.14 bits per heavy atom. The molecular weight excluding hydrogens is 270 g/mol. The lowest BCUT2D eigenvalue weighted by Gasteiger charge is -2.16. The lowest BCUT2D eigenvalue weighted by Crippen LogP contribution is -2.41. The lowest BCUT2D eigenvalue weighted by molar-refractivity contribution is -0.146. The number of hydrogen-bond donors (Lipinski definition) is 1. The van der Waals surface area contributed by atoms with Gasteiger partial charge in [0.25, 0.3) is 0 Å². The predicted octanol–water partition coefficient (Wildman–Crippen LogP) is 3.80. The number of ether oxygens (including phenoxy) is 2. The van der Waals surface area contributed by atoms with Crippen LogP contribution >= 0.6 is 0 Å². The third-order valence-electron chi connectivity index (χ3n) is 3.33. The van der Waals surface area contributed by atoms with E-state index in [0.717, 1.165) is 19.3 Å². The van der Waals surface area contributed by atoms with Crippen molar-refractivity contribution in [3.63, 3.8) is 0 Å². The molecule has 0 rings (SSSR count).